The highest BCUT2D eigenvalue weighted by molar-refractivity contribution is 7.09. The zero-order chi connectivity index (χ0) is 15.2. The number of aromatic amines is 1. The number of benzene rings is 1. The Balaban J connectivity index is 1.53. The second kappa shape index (κ2) is 7.00. The van der Waals surface area contributed by atoms with Gasteiger partial charge in [0.2, 0.25) is 0 Å². The summed E-state index contributed by atoms with van der Waals surface area (Å²) in [5.41, 5.74) is 2.69. The molecule has 0 saturated heterocycles. The van der Waals surface area contributed by atoms with Gasteiger partial charge in [-0.2, -0.15) is 0 Å². The number of imidazole rings is 1. The Morgan fingerprint density at radius 3 is 2.91 bits per heavy atom. The zero-order valence-electron chi connectivity index (χ0n) is 12.0. The van der Waals surface area contributed by atoms with Gasteiger partial charge in [0, 0.05) is 36.7 Å². The highest BCUT2D eigenvalue weighted by atomic mass is 32.1. The Kier molecular flexibility index (Phi) is 4.60. The van der Waals surface area contributed by atoms with Crippen LogP contribution in [0.25, 0.3) is 0 Å². The van der Waals surface area contributed by atoms with Crippen molar-refractivity contribution in [2.45, 2.75) is 12.8 Å². The van der Waals surface area contributed by atoms with Crippen LogP contribution in [0.5, 0.6) is 0 Å². The van der Waals surface area contributed by atoms with Gasteiger partial charge in [-0.3, -0.25) is 4.79 Å². The summed E-state index contributed by atoms with van der Waals surface area (Å²) in [7, 11) is 0. The van der Waals surface area contributed by atoms with E-state index in [0.29, 0.717) is 12.2 Å². The van der Waals surface area contributed by atoms with E-state index in [-0.39, 0.29) is 5.91 Å². The summed E-state index contributed by atoms with van der Waals surface area (Å²) in [4.78, 5) is 23.4. The first-order chi connectivity index (χ1) is 10.8. The van der Waals surface area contributed by atoms with Crippen molar-refractivity contribution in [1.82, 2.24) is 20.3 Å². The minimum absolute atomic E-state index is 0.130. The van der Waals surface area contributed by atoms with Gasteiger partial charge in [-0.1, -0.05) is 30.3 Å². The molecule has 2 aromatic heterocycles. The fraction of sp³-hybridized carbons (Fsp3) is 0.188. The van der Waals surface area contributed by atoms with E-state index in [1.54, 1.807) is 12.5 Å². The largest absolute Gasteiger partial charge is 0.350 e. The number of rotatable bonds is 6. The van der Waals surface area contributed by atoms with Crippen molar-refractivity contribution in [3.05, 3.63) is 70.2 Å². The quantitative estimate of drug-likeness (QED) is 0.734. The van der Waals surface area contributed by atoms with Crippen LogP contribution in [-0.4, -0.2) is 27.4 Å². The summed E-state index contributed by atoms with van der Waals surface area (Å²) in [6.07, 6.45) is 4.88. The van der Waals surface area contributed by atoms with Crippen LogP contribution >= 0.6 is 11.3 Å². The summed E-state index contributed by atoms with van der Waals surface area (Å²) in [6, 6.07) is 10.1. The molecular formula is C16H16N4OS. The maximum atomic E-state index is 12.0. The van der Waals surface area contributed by atoms with Crippen molar-refractivity contribution in [2.24, 2.45) is 0 Å². The molecule has 6 heteroatoms. The molecule has 22 heavy (non-hydrogen) atoms. The van der Waals surface area contributed by atoms with Gasteiger partial charge in [0.25, 0.3) is 5.91 Å². The molecule has 1 amide bonds. The molecule has 0 radical (unpaired) electrons. The zero-order valence-corrected chi connectivity index (χ0v) is 12.8. The molecule has 0 unspecified atom stereocenters. The van der Waals surface area contributed by atoms with Crippen molar-refractivity contribution in [2.75, 3.05) is 6.54 Å². The molecule has 0 spiro atoms. The highest BCUT2D eigenvalue weighted by Crippen LogP contribution is 2.14. The van der Waals surface area contributed by atoms with Crippen molar-refractivity contribution in [3.63, 3.8) is 0 Å². The first kappa shape index (κ1) is 14.5. The standard InChI is InChI=1S/C16H16N4OS/c21-16(18-7-6-13-9-17-11-19-13)14-10-22-15(20-14)8-12-4-2-1-3-5-12/h1-5,9-11H,6-8H2,(H,17,19)(H,18,21). The van der Waals surface area contributed by atoms with Gasteiger partial charge < -0.3 is 10.3 Å². The molecule has 0 aliphatic carbocycles. The number of thiazole rings is 1. The molecule has 0 saturated carbocycles. The maximum absolute atomic E-state index is 12.0. The Hall–Kier alpha value is -2.47. The van der Waals surface area contributed by atoms with Crippen LogP contribution in [0.1, 0.15) is 26.8 Å². The van der Waals surface area contributed by atoms with Crippen molar-refractivity contribution in [1.29, 1.82) is 0 Å². The van der Waals surface area contributed by atoms with Gasteiger partial charge in [0.05, 0.1) is 11.3 Å². The van der Waals surface area contributed by atoms with Gasteiger partial charge in [-0.05, 0) is 5.56 Å². The first-order valence-corrected chi connectivity index (χ1v) is 7.93. The third-order valence-electron chi connectivity index (χ3n) is 3.22. The number of hydrogen-bond donors (Lipinski definition) is 2. The van der Waals surface area contributed by atoms with E-state index in [1.165, 1.54) is 16.9 Å². The number of aromatic nitrogens is 3. The average molecular weight is 312 g/mol. The van der Waals surface area contributed by atoms with Crippen LogP contribution < -0.4 is 5.32 Å². The summed E-state index contributed by atoms with van der Waals surface area (Å²) >= 11 is 1.52. The van der Waals surface area contributed by atoms with Crippen LogP contribution in [0.15, 0.2) is 48.2 Å². The molecule has 2 N–H and O–H groups in total. The van der Waals surface area contributed by atoms with Gasteiger partial charge in [0.15, 0.2) is 0 Å². The van der Waals surface area contributed by atoms with Crippen molar-refractivity contribution in [3.8, 4) is 0 Å². The molecule has 0 fully saturated rings. The van der Waals surface area contributed by atoms with E-state index in [2.05, 4.69) is 32.4 Å². The fourth-order valence-corrected chi connectivity index (χ4v) is 2.90. The molecular weight excluding hydrogens is 296 g/mol. The average Bonchev–Trinajstić information content (AvgIpc) is 3.20. The molecule has 1 aromatic carbocycles. The molecule has 0 atom stereocenters. The number of amides is 1. The number of carbonyl (C=O) groups is 1. The van der Waals surface area contributed by atoms with E-state index in [9.17, 15) is 4.79 Å². The predicted molar refractivity (Wildman–Crippen MR) is 86.0 cm³/mol. The highest BCUT2D eigenvalue weighted by Gasteiger charge is 2.10. The second-order valence-electron chi connectivity index (χ2n) is 4.87. The third kappa shape index (κ3) is 3.79. The first-order valence-electron chi connectivity index (χ1n) is 7.05. The van der Waals surface area contributed by atoms with Crippen molar-refractivity contribution >= 4 is 17.2 Å². The fourth-order valence-electron chi connectivity index (χ4n) is 2.09. The smallest absolute Gasteiger partial charge is 0.270 e. The molecule has 2 heterocycles. The van der Waals surface area contributed by atoms with Gasteiger partial charge in [-0.25, -0.2) is 9.97 Å². The summed E-state index contributed by atoms with van der Waals surface area (Å²) in [5, 5.41) is 5.63. The minimum Gasteiger partial charge on any atom is -0.350 e. The molecule has 0 aliphatic heterocycles. The number of H-pyrrole nitrogens is 1. The number of hydrogen-bond acceptors (Lipinski definition) is 4. The number of nitrogens with zero attached hydrogens (tertiary/aromatic N) is 2. The Morgan fingerprint density at radius 1 is 1.27 bits per heavy atom. The molecule has 5 nitrogen and oxygen atoms in total. The lowest BCUT2D eigenvalue weighted by molar-refractivity contribution is 0.0949. The Labute approximate surface area is 132 Å². The van der Waals surface area contributed by atoms with Gasteiger partial charge >= 0.3 is 0 Å². The second-order valence-corrected chi connectivity index (χ2v) is 5.81. The minimum atomic E-state index is -0.130. The van der Waals surface area contributed by atoms with Crippen LogP contribution in [0, 0.1) is 0 Å². The Morgan fingerprint density at radius 2 is 2.14 bits per heavy atom. The molecule has 112 valence electrons. The predicted octanol–water partition coefficient (Wildman–Crippen LogP) is 2.43. The van der Waals surface area contributed by atoms with Crippen molar-refractivity contribution < 1.29 is 4.79 Å². The summed E-state index contributed by atoms with van der Waals surface area (Å²) in [5.74, 6) is -0.130. The molecule has 3 aromatic rings. The summed E-state index contributed by atoms with van der Waals surface area (Å²) in [6.45, 7) is 0.562. The van der Waals surface area contributed by atoms with Crippen LogP contribution in [0.2, 0.25) is 0 Å². The van der Waals surface area contributed by atoms with Gasteiger partial charge in [-0.15, -0.1) is 11.3 Å². The monoisotopic (exact) mass is 312 g/mol. The SMILES string of the molecule is O=C(NCCc1cnc[nH]1)c1csc(Cc2ccccc2)n1. The lowest BCUT2D eigenvalue weighted by Crippen LogP contribution is -2.26. The lowest BCUT2D eigenvalue weighted by Gasteiger charge is -2.01. The van der Waals surface area contributed by atoms with E-state index in [0.717, 1.165) is 23.5 Å². The van der Waals surface area contributed by atoms with Crippen LogP contribution in [0.3, 0.4) is 0 Å². The topological polar surface area (TPSA) is 70.7 Å². The van der Waals surface area contributed by atoms with E-state index >= 15 is 0 Å². The van der Waals surface area contributed by atoms with E-state index in [4.69, 9.17) is 0 Å². The Bertz CT molecular complexity index is 722. The molecule has 0 bridgehead atoms. The normalized spacial score (nSPS) is 10.5. The van der Waals surface area contributed by atoms with Crippen LogP contribution in [0.4, 0.5) is 0 Å². The maximum Gasteiger partial charge on any atom is 0.270 e. The number of nitrogens with one attached hydrogen (secondary N) is 2. The van der Waals surface area contributed by atoms with E-state index in [1.807, 2.05) is 23.6 Å². The molecule has 0 aliphatic rings. The van der Waals surface area contributed by atoms with Crippen LogP contribution in [-0.2, 0) is 12.8 Å². The summed E-state index contributed by atoms with van der Waals surface area (Å²) < 4.78 is 0. The number of carbonyl (C=O) groups excluding carboxylic acids is 1. The molecule has 3 rings (SSSR count). The van der Waals surface area contributed by atoms with E-state index < -0.39 is 0 Å². The third-order valence-corrected chi connectivity index (χ3v) is 4.07. The van der Waals surface area contributed by atoms with Gasteiger partial charge in [0.1, 0.15) is 5.69 Å². The lowest BCUT2D eigenvalue weighted by atomic mass is 10.2.